The first kappa shape index (κ1) is 8.52. The third-order valence-corrected chi connectivity index (χ3v) is 3.27. The van der Waals surface area contributed by atoms with E-state index in [2.05, 4.69) is 11.8 Å². The lowest BCUT2D eigenvalue weighted by Gasteiger charge is -2.47. The number of rotatable bonds is 2. The number of likely N-dealkylation sites (tertiary alicyclic amines) is 1. The Balaban J connectivity index is 1.77. The fraction of sp³-hybridized carbons (Fsp3) is 1.00. The number of nitrogens with zero attached hydrogens (tertiary/aromatic N) is 1. The molecule has 0 aliphatic carbocycles. The van der Waals surface area contributed by atoms with Gasteiger partial charge in [0.1, 0.15) is 0 Å². The first-order valence-electron chi connectivity index (χ1n) is 5.21. The Bertz CT molecular complexity index is 144. The van der Waals surface area contributed by atoms with Crippen LogP contribution in [0.2, 0.25) is 0 Å². The fourth-order valence-electron chi connectivity index (χ4n) is 2.29. The van der Waals surface area contributed by atoms with Crippen molar-refractivity contribution in [1.29, 1.82) is 0 Å². The Morgan fingerprint density at radius 2 is 1.92 bits per heavy atom. The lowest BCUT2D eigenvalue weighted by Crippen LogP contribution is -2.52. The van der Waals surface area contributed by atoms with Crippen molar-refractivity contribution in [3.05, 3.63) is 0 Å². The van der Waals surface area contributed by atoms with Gasteiger partial charge in [-0.05, 0) is 32.2 Å². The molecular weight excluding hydrogens is 150 g/mol. The van der Waals surface area contributed by atoms with Crippen LogP contribution < -0.4 is 0 Å². The van der Waals surface area contributed by atoms with E-state index in [1.807, 2.05) is 0 Å². The minimum atomic E-state index is 0.338. The van der Waals surface area contributed by atoms with Gasteiger partial charge in [-0.1, -0.05) is 6.92 Å². The highest BCUT2D eigenvalue weighted by atomic mass is 16.5. The quantitative estimate of drug-likeness (QED) is 0.623. The monoisotopic (exact) mass is 169 g/mol. The van der Waals surface area contributed by atoms with Crippen molar-refractivity contribution >= 4 is 0 Å². The third kappa shape index (κ3) is 1.50. The normalized spacial score (nSPS) is 28.8. The van der Waals surface area contributed by atoms with E-state index in [0.717, 1.165) is 6.61 Å². The SMILES string of the molecule is CCCN1CCC2(CCO2)CC1. The van der Waals surface area contributed by atoms with Gasteiger partial charge < -0.3 is 9.64 Å². The van der Waals surface area contributed by atoms with Crippen molar-refractivity contribution in [3.63, 3.8) is 0 Å². The smallest absolute Gasteiger partial charge is 0.0728 e. The van der Waals surface area contributed by atoms with E-state index in [1.165, 1.54) is 45.3 Å². The molecule has 0 N–H and O–H groups in total. The Hall–Kier alpha value is -0.0800. The summed E-state index contributed by atoms with van der Waals surface area (Å²) in [6.07, 6.45) is 5.14. The topological polar surface area (TPSA) is 12.5 Å². The molecule has 2 rings (SSSR count). The molecule has 0 aromatic heterocycles. The summed E-state index contributed by atoms with van der Waals surface area (Å²) in [5.41, 5.74) is 0.338. The van der Waals surface area contributed by atoms with Gasteiger partial charge in [0.15, 0.2) is 0 Å². The second-order valence-electron chi connectivity index (χ2n) is 4.12. The van der Waals surface area contributed by atoms with E-state index in [-0.39, 0.29) is 0 Å². The summed E-state index contributed by atoms with van der Waals surface area (Å²) in [5.74, 6) is 0. The molecule has 0 amide bonds. The maximum Gasteiger partial charge on any atom is 0.0728 e. The van der Waals surface area contributed by atoms with Crippen molar-refractivity contribution in [1.82, 2.24) is 4.90 Å². The average molecular weight is 169 g/mol. The summed E-state index contributed by atoms with van der Waals surface area (Å²) in [7, 11) is 0. The second kappa shape index (κ2) is 3.35. The van der Waals surface area contributed by atoms with E-state index >= 15 is 0 Å². The zero-order chi connectivity index (χ0) is 8.44. The highest BCUT2D eigenvalue weighted by Crippen LogP contribution is 2.36. The Morgan fingerprint density at radius 1 is 1.25 bits per heavy atom. The Labute approximate surface area is 74.9 Å². The van der Waals surface area contributed by atoms with Crippen LogP contribution in [0.1, 0.15) is 32.6 Å². The molecule has 2 saturated heterocycles. The van der Waals surface area contributed by atoms with Crippen molar-refractivity contribution in [2.24, 2.45) is 0 Å². The molecule has 2 heterocycles. The Morgan fingerprint density at radius 3 is 2.33 bits per heavy atom. The molecule has 0 saturated carbocycles. The van der Waals surface area contributed by atoms with Crippen molar-refractivity contribution in [3.8, 4) is 0 Å². The molecule has 2 aliphatic rings. The van der Waals surface area contributed by atoms with Crippen LogP contribution >= 0.6 is 0 Å². The molecular formula is C10H19NO. The molecule has 0 unspecified atom stereocenters. The lowest BCUT2D eigenvalue weighted by molar-refractivity contribution is -0.172. The summed E-state index contributed by atoms with van der Waals surface area (Å²) in [6, 6.07) is 0. The maximum absolute atomic E-state index is 5.66. The molecule has 2 fully saturated rings. The predicted octanol–water partition coefficient (Wildman–Crippen LogP) is 1.65. The summed E-state index contributed by atoms with van der Waals surface area (Å²) >= 11 is 0. The number of hydrogen-bond donors (Lipinski definition) is 0. The minimum absolute atomic E-state index is 0.338. The number of ether oxygens (including phenoxy) is 1. The molecule has 1 spiro atoms. The van der Waals surface area contributed by atoms with E-state index in [4.69, 9.17) is 4.74 Å². The third-order valence-electron chi connectivity index (χ3n) is 3.27. The van der Waals surface area contributed by atoms with Gasteiger partial charge in [0.05, 0.1) is 12.2 Å². The first-order valence-corrected chi connectivity index (χ1v) is 5.21. The molecule has 0 aromatic rings. The van der Waals surface area contributed by atoms with E-state index in [9.17, 15) is 0 Å². The predicted molar refractivity (Wildman–Crippen MR) is 49.3 cm³/mol. The van der Waals surface area contributed by atoms with Crippen molar-refractivity contribution in [2.75, 3.05) is 26.2 Å². The molecule has 0 aromatic carbocycles. The second-order valence-corrected chi connectivity index (χ2v) is 4.12. The highest BCUT2D eigenvalue weighted by molar-refractivity contribution is 4.92. The Kier molecular flexibility index (Phi) is 2.37. The zero-order valence-corrected chi connectivity index (χ0v) is 8.01. The van der Waals surface area contributed by atoms with Gasteiger partial charge in [0, 0.05) is 13.1 Å². The van der Waals surface area contributed by atoms with Crippen LogP contribution in [-0.2, 0) is 4.74 Å². The average Bonchev–Trinajstić information content (AvgIpc) is 2.04. The molecule has 2 nitrogen and oxygen atoms in total. The van der Waals surface area contributed by atoms with Gasteiger partial charge in [0.2, 0.25) is 0 Å². The summed E-state index contributed by atoms with van der Waals surface area (Å²) in [5, 5.41) is 0. The van der Waals surface area contributed by atoms with Crippen LogP contribution in [0, 0.1) is 0 Å². The van der Waals surface area contributed by atoms with Gasteiger partial charge in [-0.15, -0.1) is 0 Å². The van der Waals surface area contributed by atoms with Gasteiger partial charge >= 0.3 is 0 Å². The standard InChI is InChI=1S/C10H19NO/c1-2-6-11-7-3-10(4-8-11)5-9-12-10/h2-9H2,1H3. The van der Waals surface area contributed by atoms with Crippen LogP contribution in [0.25, 0.3) is 0 Å². The summed E-state index contributed by atoms with van der Waals surface area (Å²) in [6.45, 7) is 7.05. The molecule has 0 bridgehead atoms. The number of hydrogen-bond acceptors (Lipinski definition) is 2. The van der Waals surface area contributed by atoms with Gasteiger partial charge in [-0.25, -0.2) is 0 Å². The van der Waals surface area contributed by atoms with Crippen molar-refractivity contribution in [2.45, 2.75) is 38.2 Å². The molecule has 2 heteroatoms. The number of piperidine rings is 1. The molecule has 2 aliphatic heterocycles. The lowest BCUT2D eigenvalue weighted by atomic mass is 9.84. The molecule has 0 atom stereocenters. The molecule has 70 valence electrons. The van der Waals surface area contributed by atoms with Crippen LogP contribution in [0.4, 0.5) is 0 Å². The van der Waals surface area contributed by atoms with Gasteiger partial charge in [0.25, 0.3) is 0 Å². The van der Waals surface area contributed by atoms with E-state index in [1.54, 1.807) is 0 Å². The minimum Gasteiger partial charge on any atom is -0.375 e. The molecule has 12 heavy (non-hydrogen) atoms. The summed E-state index contributed by atoms with van der Waals surface area (Å²) in [4.78, 5) is 2.56. The van der Waals surface area contributed by atoms with E-state index in [0.29, 0.717) is 5.60 Å². The largest absolute Gasteiger partial charge is 0.375 e. The van der Waals surface area contributed by atoms with Crippen LogP contribution in [0.3, 0.4) is 0 Å². The highest BCUT2D eigenvalue weighted by Gasteiger charge is 2.40. The van der Waals surface area contributed by atoms with Gasteiger partial charge in [-0.3, -0.25) is 0 Å². The van der Waals surface area contributed by atoms with Crippen LogP contribution in [0.5, 0.6) is 0 Å². The van der Waals surface area contributed by atoms with Crippen LogP contribution in [-0.4, -0.2) is 36.7 Å². The van der Waals surface area contributed by atoms with E-state index < -0.39 is 0 Å². The summed E-state index contributed by atoms with van der Waals surface area (Å²) < 4.78 is 5.66. The fourth-order valence-corrected chi connectivity index (χ4v) is 2.29. The van der Waals surface area contributed by atoms with Crippen LogP contribution in [0.15, 0.2) is 0 Å². The first-order chi connectivity index (χ1) is 5.85. The van der Waals surface area contributed by atoms with Gasteiger partial charge in [-0.2, -0.15) is 0 Å². The molecule has 0 radical (unpaired) electrons. The maximum atomic E-state index is 5.66. The van der Waals surface area contributed by atoms with Crippen molar-refractivity contribution < 1.29 is 4.74 Å². The zero-order valence-electron chi connectivity index (χ0n) is 8.01.